The largest absolute Gasteiger partial charge is 0.496 e. The molecular weight excluding hydrogens is 561 g/mol. The first-order chi connectivity index (χ1) is 21.0. The van der Waals surface area contributed by atoms with Gasteiger partial charge in [-0.05, 0) is 86.9 Å². The lowest BCUT2D eigenvalue weighted by molar-refractivity contribution is 0.0600. The Balaban J connectivity index is 1.53. The third-order valence-corrected chi connectivity index (χ3v) is 7.46. The topological polar surface area (TPSA) is 83.1 Å². The molecule has 1 aliphatic rings. The summed E-state index contributed by atoms with van der Waals surface area (Å²) >= 11 is 0. The maximum Gasteiger partial charge on any atom is 0.343 e. The average Bonchev–Trinajstić information content (AvgIpc) is 3.00. The molecule has 0 aliphatic carbocycles. The number of carbonyl (C=O) groups excluding carboxylic acids is 2. The first-order valence-corrected chi connectivity index (χ1v) is 14.1. The van der Waals surface area contributed by atoms with E-state index in [9.17, 15) is 14.0 Å². The predicted octanol–water partition coefficient (Wildman–Crippen LogP) is 8.00. The van der Waals surface area contributed by atoms with Gasteiger partial charge in [-0.2, -0.15) is 0 Å². The van der Waals surface area contributed by atoms with E-state index in [0.717, 1.165) is 39.1 Å². The van der Waals surface area contributed by atoms with Crippen LogP contribution in [-0.4, -0.2) is 31.7 Å². The third kappa shape index (κ3) is 6.29. The molecule has 1 aliphatic heterocycles. The van der Waals surface area contributed by atoms with E-state index in [1.54, 1.807) is 43.5 Å². The molecule has 0 saturated heterocycles. The van der Waals surface area contributed by atoms with E-state index in [4.69, 9.17) is 18.9 Å². The van der Waals surface area contributed by atoms with Crippen LogP contribution < -0.4 is 19.5 Å². The summed E-state index contributed by atoms with van der Waals surface area (Å²) in [5.74, 6) is -0.341. The SMILES string of the molecule is COC(=O)c1cccc(C(=O)Oc2ccc(-c3ccc4c(c3COc3cc(F)ccc3C)C(C)=CC(C)(C)N4)c(OC)c2)c1. The zero-order valence-electron chi connectivity index (χ0n) is 25.5. The molecule has 0 atom stereocenters. The highest BCUT2D eigenvalue weighted by Crippen LogP contribution is 2.43. The lowest BCUT2D eigenvalue weighted by Crippen LogP contribution is -2.32. The minimum Gasteiger partial charge on any atom is -0.496 e. The summed E-state index contributed by atoms with van der Waals surface area (Å²) in [6.45, 7) is 8.33. The van der Waals surface area contributed by atoms with Gasteiger partial charge in [-0.3, -0.25) is 0 Å². The highest BCUT2D eigenvalue weighted by Gasteiger charge is 2.27. The molecule has 0 amide bonds. The van der Waals surface area contributed by atoms with E-state index in [2.05, 4.69) is 32.2 Å². The van der Waals surface area contributed by atoms with Crippen molar-refractivity contribution in [3.05, 3.63) is 113 Å². The second kappa shape index (κ2) is 12.2. The van der Waals surface area contributed by atoms with Crippen LogP contribution in [0.3, 0.4) is 0 Å². The van der Waals surface area contributed by atoms with Gasteiger partial charge in [0.05, 0.1) is 30.9 Å². The lowest BCUT2D eigenvalue weighted by atomic mass is 9.85. The maximum absolute atomic E-state index is 14.1. The molecule has 0 unspecified atom stereocenters. The van der Waals surface area contributed by atoms with E-state index in [0.29, 0.717) is 11.5 Å². The van der Waals surface area contributed by atoms with E-state index >= 15 is 0 Å². The number of nitrogens with one attached hydrogen (secondary N) is 1. The zero-order chi connectivity index (χ0) is 31.6. The molecule has 0 radical (unpaired) electrons. The predicted molar refractivity (Wildman–Crippen MR) is 168 cm³/mol. The Morgan fingerprint density at radius 2 is 1.57 bits per heavy atom. The van der Waals surface area contributed by atoms with Crippen LogP contribution in [0.25, 0.3) is 16.7 Å². The van der Waals surface area contributed by atoms with E-state index in [1.165, 1.54) is 25.3 Å². The highest BCUT2D eigenvalue weighted by molar-refractivity contribution is 5.96. The molecule has 1 heterocycles. The molecule has 5 rings (SSSR count). The molecule has 0 spiro atoms. The van der Waals surface area contributed by atoms with Gasteiger partial charge >= 0.3 is 11.9 Å². The molecule has 0 saturated carbocycles. The number of aryl methyl sites for hydroxylation is 1. The van der Waals surface area contributed by atoms with Gasteiger partial charge in [0, 0.05) is 34.5 Å². The number of rotatable bonds is 8. The number of carbonyl (C=O) groups is 2. The van der Waals surface area contributed by atoms with Crippen molar-refractivity contribution in [3.63, 3.8) is 0 Å². The summed E-state index contributed by atoms with van der Waals surface area (Å²) in [7, 11) is 2.82. The molecular formula is C36H34FNO6. The summed E-state index contributed by atoms with van der Waals surface area (Å²) in [6, 6.07) is 19.8. The van der Waals surface area contributed by atoms with Gasteiger partial charge in [-0.15, -0.1) is 0 Å². The molecule has 0 aromatic heterocycles. The molecule has 7 nitrogen and oxygen atoms in total. The van der Waals surface area contributed by atoms with Crippen LogP contribution in [-0.2, 0) is 11.3 Å². The molecule has 8 heteroatoms. The third-order valence-electron chi connectivity index (χ3n) is 7.46. The Labute approximate surface area is 256 Å². The van der Waals surface area contributed by atoms with Crippen molar-refractivity contribution in [2.24, 2.45) is 0 Å². The molecule has 226 valence electrons. The minimum atomic E-state index is -0.631. The first-order valence-electron chi connectivity index (χ1n) is 14.1. The molecule has 4 aromatic rings. The summed E-state index contributed by atoms with van der Waals surface area (Å²) in [4.78, 5) is 24.8. The van der Waals surface area contributed by atoms with Crippen LogP contribution in [0.1, 0.15) is 58.2 Å². The normalized spacial score (nSPS) is 13.2. The Hall–Kier alpha value is -5.11. The molecule has 4 aromatic carbocycles. The van der Waals surface area contributed by atoms with Crippen LogP contribution in [0.5, 0.6) is 17.2 Å². The van der Waals surface area contributed by atoms with E-state index in [-0.39, 0.29) is 34.8 Å². The van der Waals surface area contributed by atoms with Gasteiger partial charge in [0.15, 0.2) is 0 Å². The fourth-order valence-electron chi connectivity index (χ4n) is 5.50. The fraction of sp³-hybridized carbons (Fsp3) is 0.222. The van der Waals surface area contributed by atoms with Crippen molar-refractivity contribution in [1.82, 2.24) is 0 Å². The summed E-state index contributed by atoms with van der Waals surface area (Å²) < 4.78 is 36.5. The van der Waals surface area contributed by atoms with E-state index < -0.39 is 11.9 Å². The number of hydrogen-bond acceptors (Lipinski definition) is 7. The van der Waals surface area contributed by atoms with Gasteiger partial charge in [0.2, 0.25) is 0 Å². The van der Waals surface area contributed by atoms with Crippen LogP contribution >= 0.6 is 0 Å². The van der Waals surface area contributed by atoms with Crippen molar-refractivity contribution in [2.45, 2.75) is 39.8 Å². The Bertz CT molecular complexity index is 1790. The number of esters is 2. The standard InChI is InChI=1S/C36H34FNO6/c1-21-10-11-25(37)17-31(21)43-20-29-27(14-15-30-33(29)22(2)19-36(3,4)38-30)28-13-12-26(18-32(28)41-5)44-35(40)24-9-7-8-23(16-24)34(39)42-6/h7-19,38H,20H2,1-6H3. The molecule has 0 fully saturated rings. The van der Waals surface area contributed by atoms with Gasteiger partial charge in [-0.1, -0.05) is 24.3 Å². The number of hydrogen-bond donors (Lipinski definition) is 1. The second-order valence-electron chi connectivity index (χ2n) is 11.2. The quantitative estimate of drug-likeness (QED) is 0.163. The number of methoxy groups -OCH3 is 2. The van der Waals surface area contributed by atoms with E-state index in [1.807, 2.05) is 25.1 Å². The Morgan fingerprint density at radius 1 is 0.841 bits per heavy atom. The summed E-state index contributed by atoms with van der Waals surface area (Å²) in [5.41, 5.74) is 6.58. The fourth-order valence-corrected chi connectivity index (χ4v) is 5.50. The van der Waals surface area contributed by atoms with Crippen LogP contribution in [0, 0.1) is 12.7 Å². The summed E-state index contributed by atoms with van der Waals surface area (Å²) in [6.07, 6.45) is 2.17. The van der Waals surface area contributed by atoms with Gasteiger partial charge in [-0.25, -0.2) is 14.0 Å². The zero-order valence-corrected chi connectivity index (χ0v) is 25.5. The number of benzene rings is 4. The number of halogens is 1. The van der Waals surface area contributed by atoms with Crippen LogP contribution in [0.15, 0.2) is 78.9 Å². The number of ether oxygens (including phenoxy) is 4. The number of fused-ring (bicyclic) bond motifs is 1. The first kappa shape index (κ1) is 30.4. The molecule has 44 heavy (non-hydrogen) atoms. The maximum atomic E-state index is 14.1. The van der Waals surface area contributed by atoms with Crippen LogP contribution in [0.4, 0.5) is 10.1 Å². The highest BCUT2D eigenvalue weighted by atomic mass is 19.1. The molecule has 0 bridgehead atoms. The van der Waals surface area contributed by atoms with Crippen molar-refractivity contribution >= 4 is 23.2 Å². The second-order valence-corrected chi connectivity index (χ2v) is 11.2. The van der Waals surface area contributed by atoms with Gasteiger partial charge in [0.25, 0.3) is 0 Å². The number of anilines is 1. The minimum absolute atomic E-state index is 0.173. The van der Waals surface area contributed by atoms with Gasteiger partial charge < -0.3 is 24.3 Å². The Morgan fingerprint density at radius 3 is 2.30 bits per heavy atom. The van der Waals surface area contributed by atoms with Crippen molar-refractivity contribution in [2.75, 3.05) is 19.5 Å². The van der Waals surface area contributed by atoms with Crippen LogP contribution in [0.2, 0.25) is 0 Å². The van der Waals surface area contributed by atoms with Crippen molar-refractivity contribution in [1.29, 1.82) is 0 Å². The monoisotopic (exact) mass is 595 g/mol. The van der Waals surface area contributed by atoms with Crippen molar-refractivity contribution < 1.29 is 32.9 Å². The molecule has 1 N–H and O–H groups in total. The number of allylic oxidation sites excluding steroid dienone is 1. The summed E-state index contributed by atoms with van der Waals surface area (Å²) in [5, 5.41) is 3.58. The Kier molecular flexibility index (Phi) is 8.45. The lowest BCUT2D eigenvalue weighted by Gasteiger charge is -2.33. The average molecular weight is 596 g/mol. The smallest absolute Gasteiger partial charge is 0.343 e. The van der Waals surface area contributed by atoms with Gasteiger partial charge in [0.1, 0.15) is 29.7 Å². The van der Waals surface area contributed by atoms with Crippen molar-refractivity contribution in [3.8, 4) is 28.4 Å².